The topological polar surface area (TPSA) is 103 Å². The van der Waals surface area contributed by atoms with E-state index in [4.69, 9.17) is 10.2 Å². The molecule has 3 rings (SSSR count). The first-order valence-electron chi connectivity index (χ1n) is 8.81. The lowest BCUT2D eigenvalue weighted by molar-refractivity contribution is -0.143. The molecule has 2 aromatic carbocycles. The first kappa shape index (κ1) is 19.9. The van der Waals surface area contributed by atoms with Gasteiger partial charge in [-0.05, 0) is 48.9 Å². The van der Waals surface area contributed by atoms with Gasteiger partial charge in [0.05, 0.1) is 23.4 Å². The zero-order valence-corrected chi connectivity index (χ0v) is 16.2. The molecule has 3 N–H and O–H groups in total. The molecule has 28 heavy (non-hydrogen) atoms. The maximum Gasteiger partial charge on any atom is 0.313 e. The number of benzene rings is 2. The summed E-state index contributed by atoms with van der Waals surface area (Å²) in [6.07, 6.45) is 0. The van der Waals surface area contributed by atoms with Crippen molar-refractivity contribution in [3.05, 3.63) is 48.0 Å². The van der Waals surface area contributed by atoms with E-state index in [9.17, 15) is 9.59 Å². The predicted molar refractivity (Wildman–Crippen MR) is 109 cm³/mol. The third kappa shape index (κ3) is 4.53. The van der Waals surface area contributed by atoms with Crippen LogP contribution in [0.25, 0.3) is 20.8 Å². The number of rotatable bonds is 6. The summed E-state index contributed by atoms with van der Waals surface area (Å²) in [4.78, 5) is 30.0. The maximum atomic E-state index is 12.1. The molecule has 7 nitrogen and oxygen atoms in total. The number of aryl methyl sites for hydroxylation is 1. The Balaban J connectivity index is 1.71. The van der Waals surface area contributed by atoms with Gasteiger partial charge in [-0.3, -0.25) is 9.59 Å². The highest BCUT2D eigenvalue weighted by molar-refractivity contribution is 7.21. The molecule has 0 atom stereocenters. The van der Waals surface area contributed by atoms with E-state index >= 15 is 0 Å². The molecule has 1 aromatic heterocycles. The molecule has 0 spiro atoms. The van der Waals surface area contributed by atoms with E-state index in [1.54, 1.807) is 23.5 Å². The third-order valence-electron chi connectivity index (χ3n) is 4.15. The van der Waals surface area contributed by atoms with E-state index < -0.39 is 11.8 Å². The molecule has 2 amide bonds. The molecule has 0 saturated carbocycles. The van der Waals surface area contributed by atoms with E-state index in [1.807, 2.05) is 31.2 Å². The lowest BCUT2D eigenvalue weighted by Gasteiger charge is -2.19. The second kappa shape index (κ2) is 8.92. The van der Waals surface area contributed by atoms with E-state index in [-0.39, 0.29) is 26.3 Å². The largest absolute Gasteiger partial charge is 0.395 e. The van der Waals surface area contributed by atoms with Gasteiger partial charge in [-0.15, -0.1) is 11.3 Å². The molecule has 0 unspecified atom stereocenters. The summed E-state index contributed by atoms with van der Waals surface area (Å²) in [6.45, 7) is 1.45. The van der Waals surface area contributed by atoms with Crippen LogP contribution in [-0.2, 0) is 9.59 Å². The summed E-state index contributed by atoms with van der Waals surface area (Å²) in [5, 5.41) is 21.4. The molecule has 0 fully saturated rings. The van der Waals surface area contributed by atoms with Gasteiger partial charge in [-0.25, -0.2) is 4.98 Å². The van der Waals surface area contributed by atoms with Crippen molar-refractivity contribution < 1.29 is 19.8 Å². The van der Waals surface area contributed by atoms with Crippen molar-refractivity contribution in [3.8, 4) is 10.6 Å². The highest BCUT2D eigenvalue weighted by Crippen LogP contribution is 2.31. The zero-order valence-electron chi connectivity index (χ0n) is 15.4. The Hall–Kier alpha value is -2.81. The number of amides is 2. The van der Waals surface area contributed by atoms with E-state index in [0.29, 0.717) is 5.69 Å². The van der Waals surface area contributed by atoms with Gasteiger partial charge in [0.15, 0.2) is 0 Å². The zero-order chi connectivity index (χ0) is 20.1. The molecular formula is C20H21N3O4S. The molecule has 8 heteroatoms. The maximum absolute atomic E-state index is 12.1. The predicted octanol–water partition coefficient (Wildman–Crippen LogP) is 2.02. The normalized spacial score (nSPS) is 10.8. The van der Waals surface area contributed by atoms with Crippen LogP contribution in [-0.4, -0.2) is 58.2 Å². The Morgan fingerprint density at radius 1 is 1.07 bits per heavy atom. The minimum atomic E-state index is -0.815. The smallest absolute Gasteiger partial charge is 0.313 e. The monoisotopic (exact) mass is 399 g/mol. The van der Waals surface area contributed by atoms with Crippen molar-refractivity contribution in [3.63, 3.8) is 0 Å². The van der Waals surface area contributed by atoms with Crippen molar-refractivity contribution in [2.75, 3.05) is 31.6 Å². The molecule has 3 aromatic rings. The van der Waals surface area contributed by atoms with Crippen molar-refractivity contribution >= 4 is 39.1 Å². The number of nitrogens with one attached hydrogen (secondary N) is 1. The SMILES string of the molecule is Cc1ccc2nc(-c3ccc(NC(=O)C(=O)N(CCO)CCO)cc3)sc2c1. The van der Waals surface area contributed by atoms with Gasteiger partial charge < -0.3 is 20.4 Å². The van der Waals surface area contributed by atoms with Crippen LogP contribution in [0.15, 0.2) is 42.5 Å². The van der Waals surface area contributed by atoms with Crippen LogP contribution in [0.5, 0.6) is 0 Å². The lowest BCUT2D eigenvalue weighted by atomic mass is 10.2. The Morgan fingerprint density at radius 3 is 2.39 bits per heavy atom. The first-order chi connectivity index (χ1) is 13.5. The molecule has 0 radical (unpaired) electrons. The average molecular weight is 399 g/mol. The number of carbonyl (C=O) groups is 2. The van der Waals surface area contributed by atoms with Crippen molar-refractivity contribution in [2.24, 2.45) is 0 Å². The number of aliphatic hydroxyl groups excluding tert-OH is 2. The molecule has 0 aliphatic rings. The van der Waals surface area contributed by atoms with Gasteiger partial charge >= 0.3 is 11.8 Å². The van der Waals surface area contributed by atoms with Gasteiger partial charge in [0.1, 0.15) is 5.01 Å². The highest BCUT2D eigenvalue weighted by atomic mass is 32.1. The Kier molecular flexibility index (Phi) is 6.35. The Morgan fingerprint density at radius 2 is 1.75 bits per heavy atom. The number of fused-ring (bicyclic) bond motifs is 1. The molecule has 1 heterocycles. The minimum Gasteiger partial charge on any atom is -0.395 e. The van der Waals surface area contributed by atoms with Gasteiger partial charge in [0, 0.05) is 24.3 Å². The quantitative estimate of drug-likeness (QED) is 0.551. The molecule has 0 aliphatic carbocycles. The minimum absolute atomic E-state index is 0.0111. The van der Waals surface area contributed by atoms with Crippen LogP contribution in [0.1, 0.15) is 5.56 Å². The number of hydrogen-bond donors (Lipinski definition) is 3. The van der Waals surface area contributed by atoms with E-state index in [2.05, 4.69) is 16.4 Å². The second-order valence-corrected chi connectivity index (χ2v) is 7.29. The lowest BCUT2D eigenvalue weighted by Crippen LogP contribution is -2.42. The fourth-order valence-corrected chi connectivity index (χ4v) is 3.81. The molecule has 0 saturated heterocycles. The molecule has 146 valence electrons. The fourth-order valence-electron chi connectivity index (χ4n) is 2.74. The summed E-state index contributed by atoms with van der Waals surface area (Å²) in [5.41, 5.74) is 3.53. The Bertz CT molecular complexity index is 979. The number of carbonyl (C=O) groups excluding carboxylic acids is 2. The number of aliphatic hydroxyl groups is 2. The highest BCUT2D eigenvalue weighted by Gasteiger charge is 2.21. The van der Waals surface area contributed by atoms with Crippen LogP contribution in [0.4, 0.5) is 5.69 Å². The number of nitrogens with zero attached hydrogens (tertiary/aromatic N) is 2. The Labute approximate surface area is 166 Å². The summed E-state index contributed by atoms with van der Waals surface area (Å²) in [6, 6.07) is 13.2. The van der Waals surface area contributed by atoms with Gasteiger partial charge in [0.25, 0.3) is 0 Å². The van der Waals surface area contributed by atoms with Gasteiger partial charge in [-0.2, -0.15) is 0 Å². The molecular weight excluding hydrogens is 378 g/mol. The van der Waals surface area contributed by atoms with Crippen LogP contribution in [0, 0.1) is 6.92 Å². The van der Waals surface area contributed by atoms with Gasteiger partial charge in [0.2, 0.25) is 0 Å². The summed E-state index contributed by atoms with van der Waals surface area (Å²) >= 11 is 1.60. The van der Waals surface area contributed by atoms with Crippen molar-refractivity contribution in [1.29, 1.82) is 0 Å². The molecule has 0 bridgehead atoms. The summed E-state index contributed by atoms with van der Waals surface area (Å²) < 4.78 is 1.12. The second-order valence-electron chi connectivity index (χ2n) is 6.26. The molecule has 0 aliphatic heterocycles. The van der Waals surface area contributed by atoms with Crippen molar-refractivity contribution in [1.82, 2.24) is 9.88 Å². The van der Waals surface area contributed by atoms with Crippen LogP contribution >= 0.6 is 11.3 Å². The summed E-state index contributed by atoms with van der Waals surface area (Å²) in [7, 11) is 0. The standard InChI is InChI=1S/C20H21N3O4S/c1-13-2-7-16-17(12-13)28-19(22-16)14-3-5-15(6-4-14)21-18(26)20(27)23(8-10-24)9-11-25/h2-7,12,24-25H,8-11H2,1H3,(H,21,26). The number of thiazole rings is 1. The van der Waals surface area contributed by atoms with Crippen molar-refractivity contribution in [2.45, 2.75) is 6.92 Å². The summed E-state index contributed by atoms with van der Waals surface area (Å²) in [5.74, 6) is -1.61. The van der Waals surface area contributed by atoms with Crippen LogP contribution < -0.4 is 5.32 Å². The number of hydrogen-bond acceptors (Lipinski definition) is 6. The number of aromatic nitrogens is 1. The number of anilines is 1. The van der Waals surface area contributed by atoms with E-state index in [0.717, 1.165) is 25.7 Å². The average Bonchev–Trinajstić information content (AvgIpc) is 3.11. The van der Waals surface area contributed by atoms with Gasteiger partial charge in [-0.1, -0.05) is 6.07 Å². The first-order valence-corrected chi connectivity index (χ1v) is 9.63. The van der Waals surface area contributed by atoms with E-state index in [1.165, 1.54) is 5.56 Å². The van der Waals surface area contributed by atoms with Crippen LogP contribution in [0.3, 0.4) is 0 Å². The van der Waals surface area contributed by atoms with Crippen LogP contribution in [0.2, 0.25) is 0 Å². The fraction of sp³-hybridized carbons (Fsp3) is 0.250. The third-order valence-corrected chi connectivity index (χ3v) is 5.22.